The van der Waals surface area contributed by atoms with Gasteiger partial charge in [0.05, 0.1) is 23.6 Å². The second-order valence-electron chi connectivity index (χ2n) is 6.52. The maximum atomic E-state index is 13.2. The molecule has 0 spiro atoms. The third-order valence-corrected chi connectivity index (χ3v) is 6.84. The van der Waals surface area contributed by atoms with Crippen molar-refractivity contribution in [3.63, 3.8) is 0 Å². The molecule has 2 aromatic rings. The fourth-order valence-corrected chi connectivity index (χ4v) is 5.28. The molecule has 138 valence electrons. The molecule has 0 unspecified atom stereocenters. The normalized spacial score (nSPS) is 14.7. The summed E-state index contributed by atoms with van der Waals surface area (Å²) >= 11 is 2.84. The zero-order valence-corrected chi connectivity index (χ0v) is 16.6. The van der Waals surface area contributed by atoms with E-state index in [0.717, 1.165) is 46.3 Å². The molecule has 2 aromatic heterocycles. The lowest BCUT2D eigenvalue weighted by atomic mass is 10.2. The van der Waals surface area contributed by atoms with Crippen molar-refractivity contribution in [2.75, 3.05) is 12.3 Å². The SMILES string of the molecule is Cc1sc2nc(SCC(=O)NCCC#N)n(C3CCCC3)c(=O)c2c1C. The molecule has 1 saturated carbocycles. The summed E-state index contributed by atoms with van der Waals surface area (Å²) in [4.78, 5) is 31.8. The predicted octanol–water partition coefficient (Wildman–Crippen LogP) is 3.31. The van der Waals surface area contributed by atoms with Gasteiger partial charge < -0.3 is 5.32 Å². The number of nitriles is 1. The lowest BCUT2D eigenvalue weighted by Crippen LogP contribution is -2.28. The standard InChI is InChI=1S/C18H22N4O2S2/c1-11-12(2)26-16-15(11)17(24)22(13-6-3-4-7-13)18(21-16)25-10-14(23)20-9-5-8-19/h13H,3-7,9-10H2,1-2H3,(H,20,23). The Morgan fingerprint density at radius 3 is 2.85 bits per heavy atom. The first-order valence-corrected chi connectivity index (χ1v) is 10.6. The summed E-state index contributed by atoms with van der Waals surface area (Å²) in [5.41, 5.74) is 1.04. The molecule has 0 aromatic carbocycles. The molecule has 0 radical (unpaired) electrons. The molecule has 1 fully saturated rings. The Morgan fingerprint density at radius 1 is 1.42 bits per heavy atom. The minimum atomic E-state index is -0.142. The highest BCUT2D eigenvalue weighted by Crippen LogP contribution is 2.34. The Kier molecular flexibility index (Phi) is 5.99. The number of hydrogen-bond donors (Lipinski definition) is 1. The fourth-order valence-electron chi connectivity index (χ4n) is 3.31. The minimum Gasteiger partial charge on any atom is -0.354 e. The van der Waals surface area contributed by atoms with E-state index in [-0.39, 0.29) is 23.3 Å². The third-order valence-electron chi connectivity index (χ3n) is 4.78. The lowest BCUT2D eigenvalue weighted by molar-refractivity contribution is -0.118. The number of thioether (sulfide) groups is 1. The molecule has 0 atom stereocenters. The van der Waals surface area contributed by atoms with Crippen molar-refractivity contribution in [3.05, 3.63) is 20.8 Å². The molecule has 1 aliphatic carbocycles. The van der Waals surface area contributed by atoms with Crippen LogP contribution in [0.15, 0.2) is 9.95 Å². The van der Waals surface area contributed by atoms with E-state index in [2.05, 4.69) is 5.32 Å². The zero-order chi connectivity index (χ0) is 18.7. The van der Waals surface area contributed by atoms with E-state index in [1.807, 2.05) is 24.5 Å². The van der Waals surface area contributed by atoms with Crippen molar-refractivity contribution in [2.45, 2.75) is 57.1 Å². The summed E-state index contributed by atoms with van der Waals surface area (Å²) in [6, 6.07) is 2.17. The molecule has 26 heavy (non-hydrogen) atoms. The second-order valence-corrected chi connectivity index (χ2v) is 8.66. The van der Waals surface area contributed by atoms with Crippen molar-refractivity contribution < 1.29 is 4.79 Å². The van der Waals surface area contributed by atoms with Gasteiger partial charge in [-0.1, -0.05) is 24.6 Å². The molecule has 0 bridgehead atoms. The average Bonchev–Trinajstić information content (AvgIpc) is 3.22. The van der Waals surface area contributed by atoms with Gasteiger partial charge in [0, 0.05) is 17.5 Å². The van der Waals surface area contributed by atoms with E-state index < -0.39 is 0 Å². The van der Waals surface area contributed by atoms with Crippen LogP contribution in [-0.2, 0) is 4.79 Å². The highest BCUT2D eigenvalue weighted by molar-refractivity contribution is 7.99. The third kappa shape index (κ3) is 3.79. The zero-order valence-electron chi connectivity index (χ0n) is 15.0. The maximum Gasteiger partial charge on any atom is 0.263 e. The molecular weight excluding hydrogens is 368 g/mol. The smallest absolute Gasteiger partial charge is 0.263 e. The predicted molar refractivity (Wildman–Crippen MR) is 105 cm³/mol. The summed E-state index contributed by atoms with van der Waals surface area (Å²) in [7, 11) is 0. The van der Waals surface area contributed by atoms with Crippen LogP contribution in [0, 0.1) is 25.2 Å². The van der Waals surface area contributed by atoms with E-state index in [1.54, 1.807) is 0 Å². The van der Waals surface area contributed by atoms with Crippen molar-refractivity contribution in [1.82, 2.24) is 14.9 Å². The van der Waals surface area contributed by atoms with Crippen LogP contribution in [0.1, 0.15) is 48.6 Å². The number of nitrogens with zero attached hydrogens (tertiary/aromatic N) is 3. The molecule has 3 rings (SSSR count). The van der Waals surface area contributed by atoms with Gasteiger partial charge in [-0.3, -0.25) is 14.2 Å². The van der Waals surface area contributed by atoms with E-state index in [4.69, 9.17) is 10.2 Å². The topological polar surface area (TPSA) is 87.8 Å². The summed E-state index contributed by atoms with van der Waals surface area (Å²) in [6.45, 7) is 4.34. The van der Waals surface area contributed by atoms with Gasteiger partial charge in [-0.05, 0) is 32.3 Å². The highest BCUT2D eigenvalue weighted by atomic mass is 32.2. The van der Waals surface area contributed by atoms with Crippen LogP contribution < -0.4 is 10.9 Å². The number of carbonyl (C=O) groups excluding carboxylic acids is 1. The van der Waals surface area contributed by atoms with Crippen LogP contribution in [0.25, 0.3) is 10.2 Å². The summed E-state index contributed by atoms with van der Waals surface area (Å²) in [5.74, 6) is 0.0514. The van der Waals surface area contributed by atoms with Crippen molar-refractivity contribution in [2.24, 2.45) is 0 Å². The molecule has 8 heteroatoms. The van der Waals surface area contributed by atoms with E-state index in [1.165, 1.54) is 23.1 Å². The molecule has 0 saturated heterocycles. The highest BCUT2D eigenvalue weighted by Gasteiger charge is 2.25. The molecule has 0 aliphatic heterocycles. The molecule has 6 nitrogen and oxygen atoms in total. The minimum absolute atomic E-state index is 0.0242. The fraction of sp³-hybridized carbons (Fsp3) is 0.556. The van der Waals surface area contributed by atoms with Gasteiger partial charge in [0.15, 0.2) is 5.16 Å². The first kappa shape index (κ1) is 18.9. The Labute approximate surface area is 160 Å². The summed E-state index contributed by atoms with van der Waals surface area (Å²) < 4.78 is 1.82. The number of aromatic nitrogens is 2. The molecule has 2 heterocycles. The maximum absolute atomic E-state index is 13.2. The molecule has 1 aliphatic rings. The number of fused-ring (bicyclic) bond motifs is 1. The van der Waals surface area contributed by atoms with Gasteiger partial charge >= 0.3 is 0 Å². The monoisotopic (exact) mass is 390 g/mol. The van der Waals surface area contributed by atoms with E-state index in [9.17, 15) is 9.59 Å². The number of hydrogen-bond acceptors (Lipinski definition) is 6. The summed E-state index contributed by atoms with van der Waals surface area (Å²) in [6.07, 6.45) is 4.50. The van der Waals surface area contributed by atoms with Crippen LogP contribution in [0.5, 0.6) is 0 Å². The van der Waals surface area contributed by atoms with Gasteiger partial charge in [-0.15, -0.1) is 11.3 Å². The van der Waals surface area contributed by atoms with Crippen molar-refractivity contribution >= 4 is 39.2 Å². The Morgan fingerprint density at radius 2 is 2.15 bits per heavy atom. The van der Waals surface area contributed by atoms with Gasteiger partial charge in [0.25, 0.3) is 5.56 Å². The number of nitrogens with one attached hydrogen (secondary N) is 1. The van der Waals surface area contributed by atoms with Crippen molar-refractivity contribution in [1.29, 1.82) is 5.26 Å². The first-order chi connectivity index (χ1) is 12.5. The van der Waals surface area contributed by atoms with Crippen LogP contribution >= 0.6 is 23.1 Å². The van der Waals surface area contributed by atoms with Crippen LogP contribution in [-0.4, -0.2) is 27.8 Å². The number of rotatable bonds is 6. The molecule has 1 amide bonds. The number of amides is 1. The van der Waals surface area contributed by atoms with Gasteiger partial charge in [-0.2, -0.15) is 5.26 Å². The Bertz CT molecular complexity index is 920. The quantitative estimate of drug-likeness (QED) is 0.464. The molecular formula is C18H22N4O2S2. The Balaban J connectivity index is 1.92. The number of aryl methyl sites for hydroxylation is 2. The summed E-state index contributed by atoms with van der Waals surface area (Å²) in [5, 5.41) is 12.6. The molecule has 1 N–H and O–H groups in total. The van der Waals surface area contributed by atoms with Gasteiger partial charge in [-0.25, -0.2) is 4.98 Å². The number of thiophene rings is 1. The van der Waals surface area contributed by atoms with Crippen LogP contribution in [0.3, 0.4) is 0 Å². The lowest BCUT2D eigenvalue weighted by Gasteiger charge is -2.18. The van der Waals surface area contributed by atoms with Gasteiger partial charge in [0.1, 0.15) is 4.83 Å². The van der Waals surface area contributed by atoms with E-state index in [0.29, 0.717) is 18.1 Å². The van der Waals surface area contributed by atoms with E-state index >= 15 is 0 Å². The largest absolute Gasteiger partial charge is 0.354 e. The Hall–Kier alpha value is -1.85. The average molecular weight is 391 g/mol. The first-order valence-electron chi connectivity index (χ1n) is 8.81. The second kappa shape index (κ2) is 8.23. The van der Waals surface area contributed by atoms with Crippen molar-refractivity contribution in [3.8, 4) is 6.07 Å². The number of carbonyl (C=O) groups is 1. The van der Waals surface area contributed by atoms with Crippen LogP contribution in [0.4, 0.5) is 0 Å². The van der Waals surface area contributed by atoms with Crippen LogP contribution in [0.2, 0.25) is 0 Å². The van der Waals surface area contributed by atoms with Gasteiger partial charge in [0.2, 0.25) is 5.91 Å².